The van der Waals surface area contributed by atoms with E-state index in [0.717, 1.165) is 17.7 Å². The first-order valence-corrected chi connectivity index (χ1v) is 9.90. The Labute approximate surface area is 171 Å². The van der Waals surface area contributed by atoms with Gasteiger partial charge in [0.05, 0.1) is 23.6 Å². The van der Waals surface area contributed by atoms with Crippen LogP contribution in [0.2, 0.25) is 0 Å². The van der Waals surface area contributed by atoms with Gasteiger partial charge in [-0.1, -0.05) is 12.1 Å². The first-order valence-electron chi connectivity index (χ1n) is 8.75. The second kappa shape index (κ2) is 10.8. The third-order valence-corrected chi connectivity index (χ3v) is 4.58. The predicted octanol–water partition coefficient (Wildman–Crippen LogP) is 3.88. The van der Waals surface area contributed by atoms with Crippen LogP contribution in [0.1, 0.15) is 11.1 Å². The lowest BCUT2D eigenvalue weighted by molar-refractivity contribution is -0.137. The van der Waals surface area contributed by atoms with Gasteiger partial charge in [0, 0.05) is 5.69 Å². The van der Waals surface area contributed by atoms with Crippen molar-refractivity contribution in [2.75, 3.05) is 30.0 Å². The van der Waals surface area contributed by atoms with Crippen molar-refractivity contribution in [3.63, 3.8) is 0 Å². The van der Waals surface area contributed by atoms with Crippen molar-refractivity contribution in [2.45, 2.75) is 13.1 Å². The standard InChI is InChI=1S/C20H21F3N2O3S/c1-14-3-2-4-16(11-14)25-19(27)13-29-12-18(26)24-9-10-28-17-7-5-15(6-8-17)20(21,22)23/h2-8,11H,9-10,12-13H2,1H3,(H,24,26)(H,25,27). The Morgan fingerprint density at radius 3 is 2.38 bits per heavy atom. The van der Waals surface area contributed by atoms with E-state index in [4.69, 9.17) is 4.74 Å². The Balaban J connectivity index is 1.58. The number of hydrogen-bond acceptors (Lipinski definition) is 4. The molecule has 0 aliphatic carbocycles. The molecular weight excluding hydrogens is 405 g/mol. The Morgan fingerprint density at radius 1 is 1.03 bits per heavy atom. The van der Waals surface area contributed by atoms with E-state index in [1.54, 1.807) is 6.07 Å². The second-order valence-electron chi connectivity index (χ2n) is 6.13. The number of aryl methyl sites for hydroxylation is 1. The molecule has 0 aromatic heterocycles. The highest BCUT2D eigenvalue weighted by Crippen LogP contribution is 2.30. The lowest BCUT2D eigenvalue weighted by Gasteiger charge is -2.10. The van der Waals surface area contributed by atoms with Crippen molar-refractivity contribution in [1.29, 1.82) is 0 Å². The minimum absolute atomic E-state index is 0.113. The number of alkyl halides is 3. The van der Waals surface area contributed by atoms with Crippen molar-refractivity contribution < 1.29 is 27.5 Å². The van der Waals surface area contributed by atoms with Gasteiger partial charge < -0.3 is 15.4 Å². The molecule has 0 radical (unpaired) electrons. The highest BCUT2D eigenvalue weighted by molar-refractivity contribution is 8.00. The van der Waals surface area contributed by atoms with Crippen LogP contribution in [0.25, 0.3) is 0 Å². The third kappa shape index (κ3) is 8.47. The molecule has 0 bridgehead atoms. The fourth-order valence-electron chi connectivity index (χ4n) is 2.31. The Bertz CT molecular complexity index is 826. The van der Waals surface area contributed by atoms with E-state index >= 15 is 0 Å². The summed E-state index contributed by atoms with van der Waals surface area (Å²) in [5, 5.41) is 5.38. The molecule has 0 unspecified atom stereocenters. The normalized spacial score (nSPS) is 11.0. The zero-order valence-corrected chi connectivity index (χ0v) is 16.5. The topological polar surface area (TPSA) is 67.4 Å². The summed E-state index contributed by atoms with van der Waals surface area (Å²) in [5.74, 6) is 0.0909. The smallest absolute Gasteiger partial charge is 0.416 e. The number of benzene rings is 2. The van der Waals surface area contributed by atoms with Crippen LogP contribution in [-0.2, 0) is 15.8 Å². The van der Waals surface area contributed by atoms with Crippen LogP contribution in [0.3, 0.4) is 0 Å². The van der Waals surface area contributed by atoms with Gasteiger partial charge in [-0.15, -0.1) is 11.8 Å². The van der Waals surface area contributed by atoms with E-state index in [9.17, 15) is 22.8 Å². The molecule has 5 nitrogen and oxygen atoms in total. The summed E-state index contributed by atoms with van der Waals surface area (Å²) in [6.07, 6.45) is -4.39. The summed E-state index contributed by atoms with van der Waals surface area (Å²) >= 11 is 1.18. The van der Waals surface area contributed by atoms with E-state index in [0.29, 0.717) is 5.69 Å². The van der Waals surface area contributed by atoms with Gasteiger partial charge in [0.2, 0.25) is 11.8 Å². The second-order valence-corrected chi connectivity index (χ2v) is 7.12. The highest BCUT2D eigenvalue weighted by atomic mass is 32.2. The van der Waals surface area contributed by atoms with Gasteiger partial charge in [0.15, 0.2) is 0 Å². The summed E-state index contributed by atoms with van der Waals surface area (Å²) < 4.78 is 42.7. The molecule has 9 heteroatoms. The van der Waals surface area contributed by atoms with Gasteiger partial charge in [-0.2, -0.15) is 13.2 Å². The number of rotatable bonds is 9. The zero-order chi connectivity index (χ0) is 21.3. The van der Waals surface area contributed by atoms with Crippen molar-refractivity contribution in [1.82, 2.24) is 5.32 Å². The van der Waals surface area contributed by atoms with Gasteiger partial charge in [0.25, 0.3) is 0 Å². The largest absolute Gasteiger partial charge is 0.492 e. The van der Waals surface area contributed by atoms with Crippen molar-refractivity contribution in [3.05, 3.63) is 59.7 Å². The molecule has 0 saturated carbocycles. The average Bonchev–Trinajstić information content (AvgIpc) is 2.65. The van der Waals surface area contributed by atoms with Gasteiger partial charge in [-0.25, -0.2) is 0 Å². The highest BCUT2D eigenvalue weighted by Gasteiger charge is 2.29. The molecular formula is C20H21F3N2O3S. The van der Waals surface area contributed by atoms with Crippen molar-refractivity contribution in [2.24, 2.45) is 0 Å². The molecule has 2 amide bonds. The van der Waals surface area contributed by atoms with Gasteiger partial charge in [0.1, 0.15) is 12.4 Å². The van der Waals surface area contributed by atoms with E-state index in [1.165, 1.54) is 23.9 Å². The monoisotopic (exact) mass is 426 g/mol. The maximum absolute atomic E-state index is 12.5. The van der Waals surface area contributed by atoms with E-state index in [2.05, 4.69) is 10.6 Å². The molecule has 2 aromatic rings. The number of nitrogens with one attached hydrogen (secondary N) is 2. The maximum atomic E-state index is 12.5. The van der Waals surface area contributed by atoms with Crippen LogP contribution >= 0.6 is 11.8 Å². The molecule has 2 aromatic carbocycles. The fourth-order valence-corrected chi connectivity index (χ4v) is 2.95. The third-order valence-electron chi connectivity index (χ3n) is 3.64. The maximum Gasteiger partial charge on any atom is 0.416 e. The first kappa shape index (κ1) is 22.6. The Hall–Kier alpha value is -2.68. The van der Waals surface area contributed by atoms with E-state index < -0.39 is 11.7 Å². The minimum atomic E-state index is -4.39. The summed E-state index contributed by atoms with van der Waals surface area (Å²) in [6, 6.07) is 11.7. The average molecular weight is 426 g/mol. The van der Waals surface area contributed by atoms with Crippen LogP contribution in [0.15, 0.2) is 48.5 Å². The molecule has 0 aliphatic rings. The number of ether oxygens (including phenoxy) is 1. The number of halogens is 3. The van der Waals surface area contributed by atoms with Crippen LogP contribution in [-0.4, -0.2) is 36.5 Å². The summed E-state index contributed by atoms with van der Waals surface area (Å²) in [7, 11) is 0. The molecule has 2 N–H and O–H groups in total. The fraction of sp³-hybridized carbons (Fsp3) is 0.300. The van der Waals surface area contributed by atoms with Gasteiger partial charge in [-0.3, -0.25) is 9.59 Å². The molecule has 0 atom stereocenters. The molecule has 0 fully saturated rings. The molecule has 0 saturated heterocycles. The zero-order valence-electron chi connectivity index (χ0n) is 15.7. The first-order chi connectivity index (χ1) is 13.7. The SMILES string of the molecule is Cc1cccc(NC(=O)CSCC(=O)NCCOc2ccc(C(F)(F)F)cc2)c1. The Kier molecular flexibility index (Phi) is 8.38. The van der Waals surface area contributed by atoms with Crippen LogP contribution < -0.4 is 15.4 Å². The van der Waals surface area contributed by atoms with Crippen LogP contribution in [0.4, 0.5) is 18.9 Å². The van der Waals surface area contributed by atoms with Gasteiger partial charge in [-0.05, 0) is 48.9 Å². The summed E-state index contributed by atoms with van der Waals surface area (Å²) in [4.78, 5) is 23.6. The number of anilines is 1. The molecule has 29 heavy (non-hydrogen) atoms. The Morgan fingerprint density at radius 2 is 1.72 bits per heavy atom. The van der Waals surface area contributed by atoms with E-state index in [-0.39, 0.29) is 42.2 Å². The number of thioether (sulfide) groups is 1. The predicted molar refractivity (Wildman–Crippen MR) is 107 cm³/mol. The number of hydrogen-bond donors (Lipinski definition) is 2. The summed E-state index contributed by atoms with van der Waals surface area (Å²) in [5.41, 5.74) is 0.996. The lowest BCUT2D eigenvalue weighted by Crippen LogP contribution is -2.30. The molecule has 0 spiro atoms. The molecule has 2 rings (SSSR count). The van der Waals surface area contributed by atoms with E-state index in [1.807, 2.05) is 25.1 Å². The summed E-state index contributed by atoms with van der Waals surface area (Å²) in [6.45, 7) is 2.25. The van der Waals surface area contributed by atoms with Crippen LogP contribution in [0.5, 0.6) is 5.75 Å². The molecule has 156 valence electrons. The quantitative estimate of drug-likeness (QED) is 0.598. The van der Waals surface area contributed by atoms with Crippen molar-refractivity contribution >= 4 is 29.3 Å². The number of carbonyl (C=O) groups excluding carboxylic acids is 2. The molecule has 0 heterocycles. The lowest BCUT2D eigenvalue weighted by atomic mass is 10.2. The van der Waals surface area contributed by atoms with Crippen LogP contribution in [0, 0.1) is 6.92 Å². The van der Waals surface area contributed by atoms with Crippen molar-refractivity contribution in [3.8, 4) is 5.75 Å². The number of carbonyl (C=O) groups is 2. The van der Waals surface area contributed by atoms with Gasteiger partial charge >= 0.3 is 6.18 Å². The minimum Gasteiger partial charge on any atom is -0.492 e. The number of amides is 2. The molecule has 0 aliphatic heterocycles.